The van der Waals surface area contributed by atoms with Crippen molar-refractivity contribution in [2.45, 2.75) is 32.2 Å². The predicted molar refractivity (Wildman–Crippen MR) is 75.8 cm³/mol. The molecule has 1 N–H and O–H groups in total. The number of hydrogen-bond donors (Lipinski definition) is 1. The summed E-state index contributed by atoms with van der Waals surface area (Å²) in [7, 11) is 0. The minimum absolute atomic E-state index is 0.134. The number of aliphatic carboxylic acids is 1. The van der Waals surface area contributed by atoms with E-state index >= 15 is 0 Å². The van der Waals surface area contributed by atoms with Gasteiger partial charge in [-0.1, -0.05) is 18.6 Å². The van der Waals surface area contributed by atoms with Crippen molar-refractivity contribution in [3.05, 3.63) is 29.8 Å². The van der Waals surface area contributed by atoms with E-state index in [0.29, 0.717) is 31.6 Å². The summed E-state index contributed by atoms with van der Waals surface area (Å²) in [5.41, 5.74) is 0.00680. The quantitative estimate of drug-likeness (QED) is 0.921. The predicted octanol–water partition coefficient (Wildman–Crippen LogP) is 3.27. The van der Waals surface area contributed by atoms with Crippen LogP contribution in [0, 0.1) is 11.3 Å². The Hall–Kier alpha value is -1.76. The van der Waals surface area contributed by atoms with Crippen LogP contribution in [0.5, 0.6) is 5.75 Å². The molecule has 0 unspecified atom stereocenters. The zero-order valence-electron chi connectivity index (χ0n) is 12.5. The summed E-state index contributed by atoms with van der Waals surface area (Å²) >= 11 is 0. The molecule has 7 heteroatoms. The number of ether oxygens (including phenoxy) is 1. The Balaban J connectivity index is 1.69. The third-order valence-electron chi connectivity index (χ3n) is 4.91. The van der Waals surface area contributed by atoms with E-state index in [1.165, 1.54) is 18.2 Å². The Morgan fingerprint density at radius 2 is 2.22 bits per heavy atom. The molecule has 2 atom stereocenters. The number of carbonyl (C=O) groups is 1. The zero-order chi connectivity index (χ0) is 16.7. The van der Waals surface area contributed by atoms with Crippen molar-refractivity contribution < 1.29 is 27.8 Å². The fraction of sp³-hybridized carbons (Fsp3) is 0.562. The first-order valence-electron chi connectivity index (χ1n) is 7.59. The third kappa shape index (κ3) is 3.29. The van der Waals surface area contributed by atoms with Gasteiger partial charge in [-0.05, 0) is 36.5 Å². The van der Waals surface area contributed by atoms with Gasteiger partial charge >= 0.3 is 12.3 Å². The van der Waals surface area contributed by atoms with Crippen molar-refractivity contribution in [1.29, 1.82) is 0 Å². The number of carboxylic acid groups (broad SMARTS) is 1. The van der Waals surface area contributed by atoms with Gasteiger partial charge < -0.3 is 9.84 Å². The van der Waals surface area contributed by atoms with E-state index < -0.39 is 17.7 Å². The molecule has 1 aliphatic carbocycles. The summed E-state index contributed by atoms with van der Waals surface area (Å²) in [6.07, 6.45) is -2.20. The van der Waals surface area contributed by atoms with E-state index in [4.69, 9.17) is 0 Å². The number of carboxylic acids is 1. The number of alkyl halides is 3. The van der Waals surface area contributed by atoms with Crippen molar-refractivity contribution in [2.24, 2.45) is 11.3 Å². The second kappa shape index (κ2) is 5.70. The van der Waals surface area contributed by atoms with Crippen LogP contribution >= 0.6 is 0 Å². The van der Waals surface area contributed by atoms with Gasteiger partial charge in [0.15, 0.2) is 0 Å². The van der Waals surface area contributed by atoms with Gasteiger partial charge in [-0.2, -0.15) is 0 Å². The molecule has 1 saturated carbocycles. The Bertz CT molecular complexity index is 604. The van der Waals surface area contributed by atoms with Crippen LogP contribution in [-0.2, 0) is 11.3 Å². The number of hydrogen-bond acceptors (Lipinski definition) is 3. The number of benzene rings is 1. The molecule has 4 nitrogen and oxygen atoms in total. The number of halogens is 3. The van der Waals surface area contributed by atoms with Crippen molar-refractivity contribution in [3.63, 3.8) is 0 Å². The van der Waals surface area contributed by atoms with E-state index in [2.05, 4.69) is 4.74 Å². The van der Waals surface area contributed by atoms with E-state index in [1.807, 2.05) is 4.90 Å². The van der Waals surface area contributed by atoms with Gasteiger partial charge in [-0.15, -0.1) is 13.2 Å². The lowest BCUT2D eigenvalue weighted by Crippen LogP contribution is -2.35. The molecule has 1 aromatic carbocycles. The van der Waals surface area contributed by atoms with Gasteiger partial charge in [-0.25, -0.2) is 0 Å². The van der Waals surface area contributed by atoms with E-state index in [0.717, 1.165) is 12.8 Å². The topological polar surface area (TPSA) is 49.8 Å². The Morgan fingerprint density at radius 1 is 1.43 bits per heavy atom. The Labute approximate surface area is 131 Å². The summed E-state index contributed by atoms with van der Waals surface area (Å²) in [6, 6.07) is 5.86. The third-order valence-corrected chi connectivity index (χ3v) is 4.91. The van der Waals surface area contributed by atoms with Crippen LogP contribution in [0.3, 0.4) is 0 Å². The van der Waals surface area contributed by atoms with Crippen LogP contribution in [0.2, 0.25) is 0 Å². The summed E-state index contributed by atoms with van der Waals surface area (Å²) in [6.45, 7) is 1.56. The lowest BCUT2D eigenvalue weighted by molar-refractivity contribution is -0.274. The molecule has 1 aromatic rings. The van der Waals surface area contributed by atoms with Crippen molar-refractivity contribution >= 4 is 5.97 Å². The number of likely N-dealkylation sites (tertiary alicyclic amines) is 1. The van der Waals surface area contributed by atoms with Gasteiger partial charge in [-0.3, -0.25) is 9.69 Å². The van der Waals surface area contributed by atoms with Gasteiger partial charge in [0.2, 0.25) is 0 Å². The molecular weight excluding hydrogens is 311 g/mol. The maximum atomic E-state index is 12.3. The normalized spacial score (nSPS) is 27.9. The summed E-state index contributed by atoms with van der Waals surface area (Å²) in [5, 5.41) is 9.56. The molecule has 3 rings (SSSR count). The number of fused-ring (bicyclic) bond motifs is 1. The van der Waals surface area contributed by atoms with Gasteiger partial charge in [0.25, 0.3) is 0 Å². The second-order valence-corrected chi connectivity index (χ2v) is 6.42. The van der Waals surface area contributed by atoms with E-state index in [9.17, 15) is 23.1 Å². The SMILES string of the molecule is O=C(O)[C@@]12CCC[C@H]1CN(Cc1cccc(OC(F)(F)F)c1)C2. The number of rotatable bonds is 4. The van der Waals surface area contributed by atoms with Crippen LogP contribution in [-0.4, -0.2) is 35.4 Å². The van der Waals surface area contributed by atoms with Gasteiger partial charge in [0.05, 0.1) is 5.41 Å². The molecule has 2 aliphatic rings. The Morgan fingerprint density at radius 3 is 2.87 bits per heavy atom. The molecule has 1 aliphatic heterocycles. The van der Waals surface area contributed by atoms with Crippen molar-refractivity contribution in [3.8, 4) is 5.75 Å². The smallest absolute Gasteiger partial charge is 0.481 e. The highest BCUT2D eigenvalue weighted by atomic mass is 19.4. The molecule has 23 heavy (non-hydrogen) atoms. The summed E-state index contributed by atoms with van der Waals surface area (Å²) in [4.78, 5) is 13.7. The largest absolute Gasteiger partial charge is 0.573 e. The Kier molecular flexibility index (Phi) is 4.00. The van der Waals surface area contributed by atoms with Crippen LogP contribution in [0.15, 0.2) is 24.3 Å². The first-order valence-corrected chi connectivity index (χ1v) is 7.59. The van der Waals surface area contributed by atoms with Crippen molar-refractivity contribution in [2.75, 3.05) is 13.1 Å². The highest BCUT2D eigenvalue weighted by Gasteiger charge is 2.54. The maximum Gasteiger partial charge on any atom is 0.573 e. The highest BCUT2D eigenvalue weighted by Crippen LogP contribution is 2.49. The van der Waals surface area contributed by atoms with Crippen LogP contribution < -0.4 is 4.74 Å². The number of nitrogens with zero attached hydrogens (tertiary/aromatic N) is 1. The molecule has 0 aromatic heterocycles. The van der Waals surface area contributed by atoms with E-state index in [-0.39, 0.29) is 11.7 Å². The van der Waals surface area contributed by atoms with Gasteiger partial charge in [0.1, 0.15) is 5.75 Å². The molecule has 0 bridgehead atoms. The average Bonchev–Trinajstić information content (AvgIpc) is 2.94. The van der Waals surface area contributed by atoms with Crippen LogP contribution in [0.4, 0.5) is 13.2 Å². The minimum Gasteiger partial charge on any atom is -0.481 e. The van der Waals surface area contributed by atoms with E-state index in [1.54, 1.807) is 6.07 Å². The molecule has 0 amide bonds. The highest BCUT2D eigenvalue weighted by molar-refractivity contribution is 5.76. The average molecular weight is 329 g/mol. The monoisotopic (exact) mass is 329 g/mol. The van der Waals surface area contributed by atoms with Crippen LogP contribution in [0.25, 0.3) is 0 Å². The summed E-state index contributed by atoms with van der Waals surface area (Å²) in [5.74, 6) is -0.867. The minimum atomic E-state index is -4.71. The first kappa shape index (κ1) is 16.1. The molecule has 0 spiro atoms. The second-order valence-electron chi connectivity index (χ2n) is 6.42. The fourth-order valence-electron chi connectivity index (χ4n) is 3.96. The maximum absolute atomic E-state index is 12.3. The van der Waals surface area contributed by atoms with Gasteiger partial charge in [0, 0.05) is 19.6 Å². The molecule has 0 radical (unpaired) electrons. The first-order chi connectivity index (χ1) is 10.8. The molecule has 1 heterocycles. The molecule has 2 fully saturated rings. The molecular formula is C16H18F3NO3. The molecule has 1 saturated heterocycles. The fourth-order valence-corrected chi connectivity index (χ4v) is 3.96. The lowest BCUT2D eigenvalue weighted by atomic mass is 9.81. The molecule has 126 valence electrons. The van der Waals surface area contributed by atoms with Crippen molar-refractivity contribution in [1.82, 2.24) is 4.90 Å². The standard InChI is InChI=1S/C16H18F3NO3/c17-16(18,19)23-13-5-1-3-11(7-13)8-20-9-12-4-2-6-15(12,10-20)14(21)22/h1,3,5,7,12H,2,4,6,8-10H2,(H,21,22)/t12-,15+/m0/s1. The lowest BCUT2D eigenvalue weighted by Gasteiger charge is -2.23. The van der Waals surface area contributed by atoms with Crippen LogP contribution in [0.1, 0.15) is 24.8 Å². The summed E-state index contributed by atoms with van der Waals surface area (Å²) < 4.78 is 40.8. The zero-order valence-corrected chi connectivity index (χ0v) is 12.5.